The van der Waals surface area contributed by atoms with E-state index in [0.717, 1.165) is 32.2 Å². The second kappa shape index (κ2) is 21.3. The van der Waals surface area contributed by atoms with Gasteiger partial charge in [-0.15, -0.1) is 0 Å². The highest BCUT2D eigenvalue weighted by Gasteiger charge is 2.07. The Morgan fingerprint density at radius 3 is 1.38 bits per heavy atom. The van der Waals surface area contributed by atoms with E-state index in [0.29, 0.717) is 12.8 Å². The molecule has 0 saturated carbocycles. The SMILES string of the molecule is CCNC(=O)CCCCCCCCCCCCCCCCCC(=O)OC(=O)CN. The van der Waals surface area contributed by atoms with Gasteiger partial charge >= 0.3 is 11.9 Å². The number of ether oxygens (including phenoxy) is 1. The van der Waals surface area contributed by atoms with Gasteiger partial charge in [0, 0.05) is 19.4 Å². The number of nitrogens with two attached hydrogens (primary N) is 1. The summed E-state index contributed by atoms with van der Waals surface area (Å²) in [5, 5.41) is 2.84. The van der Waals surface area contributed by atoms with E-state index in [-0.39, 0.29) is 12.5 Å². The fourth-order valence-corrected chi connectivity index (χ4v) is 3.36. The quantitative estimate of drug-likeness (QED) is 0.170. The lowest BCUT2D eigenvalue weighted by molar-refractivity contribution is -0.158. The summed E-state index contributed by atoms with van der Waals surface area (Å²) >= 11 is 0. The summed E-state index contributed by atoms with van der Waals surface area (Å²) in [6.07, 6.45) is 19.1. The number of nitrogens with one attached hydrogen (secondary N) is 1. The lowest BCUT2D eigenvalue weighted by atomic mass is 10.0. The lowest BCUT2D eigenvalue weighted by Gasteiger charge is -2.04. The summed E-state index contributed by atoms with van der Waals surface area (Å²) in [5.74, 6) is -0.920. The highest BCUT2D eigenvalue weighted by molar-refractivity contribution is 5.86. The first-order valence-corrected chi connectivity index (χ1v) is 11.8. The fourth-order valence-electron chi connectivity index (χ4n) is 3.36. The molecule has 0 aromatic heterocycles. The van der Waals surface area contributed by atoms with Crippen LogP contribution in [0.3, 0.4) is 0 Å². The Hall–Kier alpha value is -1.43. The smallest absolute Gasteiger partial charge is 0.327 e. The number of hydrogen-bond donors (Lipinski definition) is 2. The maximum absolute atomic E-state index is 11.3. The van der Waals surface area contributed by atoms with E-state index in [4.69, 9.17) is 5.73 Å². The molecule has 0 saturated heterocycles. The standard InChI is InChI=1S/C23H44N2O4/c1-2-25-21(26)18-16-14-12-10-8-6-4-3-5-7-9-11-13-15-17-19-22(27)29-23(28)20-24/h2-20,24H2,1H3,(H,25,26). The number of carbonyl (C=O) groups is 3. The van der Waals surface area contributed by atoms with E-state index in [2.05, 4.69) is 10.1 Å². The predicted molar refractivity (Wildman–Crippen MR) is 117 cm³/mol. The van der Waals surface area contributed by atoms with Crippen LogP contribution in [0.1, 0.15) is 116 Å². The van der Waals surface area contributed by atoms with Gasteiger partial charge in [0.25, 0.3) is 0 Å². The number of amides is 1. The Labute approximate surface area is 177 Å². The van der Waals surface area contributed by atoms with Gasteiger partial charge in [-0.25, -0.2) is 0 Å². The van der Waals surface area contributed by atoms with Gasteiger partial charge in [-0.1, -0.05) is 83.5 Å². The predicted octanol–water partition coefficient (Wildman–Crippen LogP) is 4.78. The monoisotopic (exact) mass is 412 g/mol. The topological polar surface area (TPSA) is 98.5 Å². The molecule has 0 spiro atoms. The van der Waals surface area contributed by atoms with Crippen LogP contribution >= 0.6 is 0 Å². The molecule has 29 heavy (non-hydrogen) atoms. The van der Waals surface area contributed by atoms with Crippen LogP contribution in [-0.4, -0.2) is 30.9 Å². The lowest BCUT2D eigenvalue weighted by Crippen LogP contribution is -2.21. The summed E-state index contributed by atoms with van der Waals surface area (Å²) in [6.45, 7) is 2.45. The summed E-state index contributed by atoms with van der Waals surface area (Å²) in [7, 11) is 0. The third-order valence-corrected chi connectivity index (χ3v) is 5.05. The molecule has 0 radical (unpaired) electrons. The summed E-state index contributed by atoms with van der Waals surface area (Å²) in [6, 6.07) is 0. The van der Waals surface area contributed by atoms with Crippen LogP contribution in [0.4, 0.5) is 0 Å². The minimum absolute atomic E-state index is 0.188. The molecule has 3 N–H and O–H groups in total. The zero-order valence-electron chi connectivity index (χ0n) is 18.6. The van der Waals surface area contributed by atoms with Crippen LogP contribution in [-0.2, 0) is 19.1 Å². The van der Waals surface area contributed by atoms with Crippen molar-refractivity contribution in [3.63, 3.8) is 0 Å². The zero-order valence-corrected chi connectivity index (χ0v) is 18.6. The third kappa shape index (κ3) is 21.1. The summed E-state index contributed by atoms with van der Waals surface area (Å²) < 4.78 is 4.52. The Morgan fingerprint density at radius 1 is 0.621 bits per heavy atom. The van der Waals surface area contributed by atoms with Crippen LogP contribution in [0.25, 0.3) is 0 Å². The molecule has 0 unspecified atom stereocenters. The Morgan fingerprint density at radius 2 is 1.00 bits per heavy atom. The molecular formula is C23H44N2O4. The Balaban J connectivity index is 3.16. The minimum Gasteiger partial charge on any atom is -0.392 e. The van der Waals surface area contributed by atoms with Crippen molar-refractivity contribution in [2.45, 2.75) is 116 Å². The van der Waals surface area contributed by atoms with Crippen molar-refractivity contribution >= 4 is 17.8 Å². The van der Waals surface area contributed by atoms with Crippen LogP contribution in [0.2, 0.25) is 0 Å². The van der Waals surface area contributed by atoms with Crippen molar-refractivity contribution in [3.05, 3.63) is 0 Å². The molecule has 0 fully saturated rings. The molecule has 1 amide bonds. The molecule has 6 nitrogen and oxygen atoms in total. The largest absolute Gasteiger partial charge is 0.392 e. The van der Waals surface area contributed by atoms with E-state index in [1.807, 2.05) is 6.92 Å². The Bertz CT molecular complexity index is 427. The zero-order chi connectivity index (χ0) is 21.6. The maximum atomic E-state index is 11.3. The van der Waals surface area contributed by atoms with Crippen LogP contribution in [0.5, 0.6) is 0 Å². The van der Waals surface area contributed by atoms with Crippen molar-refractivity contribution < 1.29 is 19.1 Å². The molecule has 0 atom stereocenters. The molecular weight excluding hydrogens is 368 g/mol. The molecule has 0 aromatic carbocycles. The second-order valence-electron chi connectivity index (χ2n) is 7.81. The van der Waals surface area contributed by atoms with E-state index < -0.39 is 11.9 Å². The first-order chi connectivity index (χ1) is 14.1. The van der Waals surface area contributed by atoms with Crippen LogP contribution < -0.4 is 11.1 Å². The van der Waals surface area contributed by atoms with Gasteiger partial charge in [0.15, 0.2) is 0 Å². The van der Waals surface area contributed by atoms with E-state index in [1.165, 1.54) is 70.6 Å². The van der Waals surface area contributed by atoms with E-state index in [1.54, 1.807) is 0 Å². The molecule has 0 bridgehead atoms. The number of rotatable bonds is 20. The van der Waals surface area contributed by atoms with Gasteiger partial charge in [0.05, 0.1) is 6.54 Å². The number of unbranched alkanes of at least 4 members (excludes halogenated alkanes) is 14. The Kier molecular flexibility index (Phi) is 20.2. The first kappa shape index (κ1) is 27.6. The van der Waals surface area contributed by atoms with Crippen LogP contribution in [0, 0.1) is 0 Å². The van der Waals surface area contributed by atoms with Gasteiger partial charge in [0.2, 0.25) is 5.91 Å². The highest BCUT2D eigenvalue weighted by atomic mass is 16.6. The van der Waals surface area contributed by atoms with Gasteiger partial charge in [-0.2, -0.15) is 0 Å². The molecule has 0 aromatic rings. The second-order valence-corrected chi connectivity index (χ2v) is 7.81. The van der Waals surface area contributed by atoms with Gasteiger partial charge in [-0.05, 0) is 19.8 Å². The van der Waals surface area contributed by atoms with Crippen LogP contribution in [0.15, 0.2) is 0 Å². The molecule has 0 rings (SSSR count). The molecule has 6 heteroatoms. The number of carbonyl (C=O) groups excluding carboxylic acids is 3. The number of esters is 2. The van der Waals surface area contributed by atoms with Crippen molar-refractivity contribution in [3.8, 4) is 0 Å². The van der Waals surface area contributed by atoms with Gasteiger partial charge in [-0.3, -0.25) is 14.4 Å². The van der Waals surface area contributed by atoms with Crippen molar-refractivity contribution in [2.75, 3.05) is 13.1 Å². The highest BCUT2D eigenvalue weighted by Crippen LogP contribution is 2.14. The van der Waals surface area contributed by atoms with Crippen molar-refractivity contribution in [1.82, 2.24) is 5.32 Å². The van der Waals surface area contributed by atoms with E-state index in [9.17, 15) is 14.4 Å². The number of hydrogen-bond acceptors (Lipinski definition) is 5. The molecule has 0 aliphatic heterocycles. The molecule has 170 valence electrons. The molecule has 0 aliphatic rings. The maximum Gasteiger partial charge on any atom is 0.327 e. The normalized spacial score (nSPS) is 10.7. The van der Waals surface area contributed by atoms with Crippen molar-refractivity contribution in [1.29, 1.82) is 0 Å². The van der Waals surface area contributed by atoms with Crippen molar-refractivity contribution in [2.24, 2.45) is 5.73 Å². The third-order valence-electron chi connectivity index (χ3n) is 5.05. The minimum atomic E-state index is -0.650. The summed E-state index contributed by atoms with van der Waals surface area (Å²) in [5.41, 5.74) is 5.09. The fraction of sp³-hybridized carbons (Fsp3) is 0.870. The average molecular weight is 413 g/mol. The summed E-state index contributed by atoms with van der Waals surface area (Å²) in [4.78, 5) is 33.5. The van der Waals surface area contributed by atoms with E-state index >= 15 is 0 Å². The van der Waals surface area contributed by atoms with Gasteiger partial charge < -0.3 is 15.8 Å². The van der Waals surface area contributed by atoms with Gasteiger partial charge in [0.1, 0.15) is 0 Å². The average Bonchev–Trinajstić information content (AvgIpc) is 2.70. The molecule has 0 aliphatic carbocycles. The molecule has 0 heterocycles. The first-order valence-electron chi connectivity index (χ1n) is 11.8.